The van der Waals surface area contributed by atoms with Crippen LogP contribution in [0.4, 0.5) is 5.69 Å². The van der Waals surface area contributed by atoms with Gasteiger partial charge in [-0.15, -0.1) is 0 Å². The smallest absolute Gasteiger partial charge is 0.256 e. The van der Waals surface area contributed by atoms with Crippen LogP contribution in [0.5, 0.6) is 0 Å². The van der Waals surface area contributed by atoms with E-state index < -0.39 is 0 Å². The molecule has 1 saturated heterocycles. The van der Waals surface area contributed by atoms with Gasteiger partial charge in [0.1, 0.15) is 0 Å². The molecule has 1 heterocycles. The third-order valence-corrected chi connectivity index (χ3v) is 3.23. The van der Waals surface area contributed by atoms with E-state index in [1.165, 1.54) is 0 Å². The van der Waals surface area contributed by atoms with Crippen LogP contribution in [-0.2, 0) is 0 Å². The second-order valence-electron chi connectivity index (χ2n) is 4.68. The summed E-state index contributed by atoms with van der Waals surface area (Å²) in [6.45, 7) is 5.82. The summed E-state index contributed by atoms with van der Waals surface area (Å²) in [5.74, 6) is 0.689. The second-order valence-corrected chi connectivity index (χ2v) is 4.68. The zero-order valence-corrected chi connectivity index (χ0v) is 9.86. The van der Waals surface area contributed by atoms with Crippen molar-refractivity contribution in [3.8, 4) is 0 Å². The Morgan fingerprint density at radius 1 is 1.50 bits per heavy atom. The van der Waals surface area contributed by atoms with Crippen LogP contribution in [0.15, 0.2) is 18.2 Å². The molecule has 16 heavy (non-hydrogen) atoms. The average molecular weight is 218 g/mol. The Balaban J connectivity index is 2.27. The largest absolute Gasteiger partial charge is 0.398 e. The van der Waals surface area contributed by atoms with Gasteiger partial charge in [-0.05, 0) is 30.9 Å². The number of nitrogens with two attached hydrogens (primary N) is 1. The number of rotatable bonds is 1. The molecule has 0 aliphatic carbocycles. The molecule has 1 aromatic rings. The molecule has 2 rings (SSSR count). The first-order valence-corrected chi connectivity index (χ1v) is 5.74. The molecular weight excluding hydrogens is 200 g/mol. The number of amides is 1. The van der Waals surface area contributed by atoms with E-state index in [0.29, 0.717) is 17.2 Å². The van der Waals surface area contributed by atoms with Gasteiger partial charge >= 0.3 is 0 Å². The highest BCUT2D eigenvalue weighted by molar-refractivity contribution is 6.00. The van der Waals surface area contributed by atoms with E-state index in [4.69, 9.17) is 5.73 Å². The first-order chi connectivity index (χ1) is 7.59. The minimum Gasteiger partial charge on any atom is -0.398 e. The minimum atomic E-state index is 0.0833. The molecule has 0 radical (unpaired) electrons. The highest BCUT2D eigenvalue weighted by atomic mass is 16.2. The Labute approximate surface area is 96.2 Å². The number of carbonyl (C=O) groups is 1. The third-order valence-electron chi connectivity index (χ3n) is 3.23. The fourth-order valence-electron chi connectivity index (χ4n) is 2.26. The fourth-order valence-corrected chi connectivity index (χ4v) is 2.26. The molecule has 0 spiro atoms. The molecule has 0 bridgehead atoms. The lowest BCUT2D eigenvalue weighted by molar-refractivity contribution is 0.0788. The molecule has 1 aliphatic heterocycles. The molecule has 2 N–H and O–H groups in total. The molecule has 1 amide bonds. The maximum Gasteiger partial charge on any atom is 0.256 e. The van der Waals surface area contributed by atoms with Crippen LogP contribution in [0.3, 0.4) is 0 Å². The van der Waals surface area contributed by atoms with Gasteiger partial charge in [-0.3, -0.25) is 4.79 Å². The van der Waals surface area contributed by atoms with E-state index in [1.54, 1.807) is 6.07 Å². The molecular formula is C13H18N2O. The minimum absolute atomic E-state index is 0.0833. The fraction of sp³-hybridized carbons (Fsp3) is 0.462. The number of hydrogen-bond acceptors (Lipinski definition) is 2. The Kier molecular flexibility index (Phi) is 2.86. The Bertz CT molecular complexity index is 394. The molecule has 1 aliphatic rings. The van der Waals surface area contributed by atoms with Gasteiger partial charge < -0.3 is 10.6 Å². The first-order valence-electron chi connectivity index (χ1n) is 5.74. The standard InChI is InChI=1S/C13H18N2O/c1-9-6-7-15(8-9)13(16)12-10(2)4-3-5-11(12)14/h3-5,9H,6-8,14H2,1-2H3. The average Bonchev–Trinajstić information content (AvgIpc) is 2.64. The Hall–Kier alpha value is -1.51. The van der Waals surface area contributed by atoms with Gasteiger partial charge in [0.15, 0.2) is 0 Å². The van der Waals surface area contributed by atoms with Crippen molar-refractivity contribution < 1.29 is 4.79 Å². The molecule has 86 valence electrons. The predicted molar refractivity (Wildman–Crippen MR) is 65.3 cm³/mol. The molecule has 0 saturated carbocycles. The number of nitrogens with zero attached hydrogens (tertiary/aromatic N) is 1. The number of carbonyl (C=O) groups excluding carboxylic acids is 1. The van der Waals surface area contributed by atoms with Crippen molar-refractivity contribution in [2.75, 3.05) is 18.8 Å². The molecule has 3 nitrogen and oxygen atoms in total. The van der Waals surface area contributed by atoms with Crippen molar-refractivity contribution >= 4 is 11.6 Å². The zero-order valence-electron chi connectivity index (χ0n) is 9.86. The van der Waals surface area contributed by atoms with Crippen LogP contribution in [0.1, 0.15) is 29.3 Å². The summed E-state index contributed by atoms with van der Waals surface area (Å²) in [5.41, 5.74) is 8.10. The van der Waals surface area contributed by atoms with E-state index in [9.17, 15) is 4.79 Å². The van der Waals surface area contributed by atoms with Crippen molar-refractivity contribution in [2.45, 2.75) is 20.3 Å². The number of hydrogen-bond donors (Lipinski definition) is 1. The topological polar surface area (TPSA) is 46.3 Å². The van der Waals surface area contributed by atoms with Crippen molar-refractivity contribution in [3.63, 3.8) is 0 Å². The quantitative estimate of drug-likeness (QED) is 0.733. The molecule has 1 unspecified atom stereocenters. The van der Waals surface area contributed by atoms with E-state index in [2.05, 4.69) is 6.92 Å². The van der Waals surface area contributed by atoms with Gasteiger partial charge in [0.25, 0.3) is 5.91 Å². The lowest BCUT2D eigenvalue weighted by Gasteiger charge is -2.18. The Morgan fingerprint density at radius 3 is 2.81 bits per heavy atom. The summed E-state index contributed by atoms with van der Waals surface area (Å²) < 4.78 is 0. The SMILES string of the molecule is Cc1cccc(N)c1C(=O)N1CCC(C)C1. The predicted octanol–water partition coefficient (Wildman–Crippen LogP) is 2.06. The van der Waals surface area contributed by atoms with Crippen LogP contribution in [0.25, 0.3) is 0 Å². The van der Waals surface area contributed by atoms with Crippen LogP contribution in [-0.4, -0.2) is 23.9 Å². The van der Waals surface area contributed by atoms with E-state index in [1.807, 2.05) is 24.0 Å². The summed E-state index contributed by atoms with van der Waals surface area (Å²) in [7, 11) is 0. The maximum absolute atomic E-state index is 12.3. The van der Waals surface area contributed by atoms with Crippen molar-refractivity contribution in [1.29, 1.82) is 0 Å². The van der Waals surface area contributed by atoms with Gasteiger partial charge in [0, 0.05) is 18.8 Å². The summed E-state index contributed by atoms with van der Waals surface area (Å²) >= 11 is 0. The van der Waals surface area contributed by atoms with Gasteiger partial charge in [-0.1, -0.05) is 19.1 Å². The van der Waals surface area contributed by atoms with Crippen molar-refractivity contribution in [1.82, 2.24) is 4.90 Å². The zero-order chi connectivity index (χ0) is 11.7. The monoisotopic (exact) mass is 218 g/mol. The van der Waals surface area contributed by atoms with Gasteiger partial charge in [0.2, 0.25) is 0 Å². The van der Waals surface area contributed by atoms with Crippen LogP contribution in [0, 0.1) is 12.8 Å². The van der Waals surface area contributed by atoms with E-state index in [0.717, 1.165) is 25.1 Å². The number of benzene rings is 1. The first kappa shape index (κ1) is 11.0. The van der Waals surface area contributed by atoms with E-state index >= 15 is 0 Å². The molecule has 1 aromatic carbocycles. The van der Waals surface area contributed by atoms with E-state index in [-0.39, 0.29) is 5.91 Å². The summed E-state index contributed by atoms with van der Waals surface area (Å²) in [5, 5.41) is 0. The third kappa shape index (κ3) is 1.90. The summed E-state index contributed by atoms with van der Waals surface area (Å²) in [6, 6.07) is 5.61. The van der Waals surface area contributed by atoms with Gasteiger partial charge in [-0.2, -0.15) is 0 Å². The lowest BCUT2D eigenvalue weighted by atomic mass is 10.1. The number of anilines is 1. The molecule has 3 heteroatoms. The number of nitrogen functional groups attached to an aromatic ring is 1. The summed E-state index contributed by atoms with van der Waals surface area (Å²) in [6.07, 6.45) is 1.09. The Morgan fingerprint density at radius 2 is 2.25 bits per heavy atom. The lowest BCUT2D eigenvalue weighted by Crippen LogP contribution is -2.29. The van der Waals surface area contributed by atoms with Gasteiger partial charge in [0.05, 0.1) is 5.56 Å². The van der Waals surface area contributed by atoms with Gasteiger partial charge in [-0.25, -0.2) is 0 Å². The molecule has 1 fully saturated rings. The maximum atomic E-state index is 12.3. The highest BCUT2D eigenvalue weighted by Gasteiger charge is 2.26. The van der Waals surface area contributed by atoms with Crippen molar-refractivity contribution in [3.05, 3.63) is 29.3 Å². The van der Waals surface area contributed by atoms with Crippen LogP contribution < -0.4 is 5.73 Å². The number of aryl methyl sites for hydroxylation is 1. The second kappa shape index (κ2) is 4.16. The summed E-state index contributed by atoms with van der Waals surface area (Å²) in [4.78, 5) is 14.2. The van der Waals surface area contributed by atoms with Crippen LogP contribution >= 0.6 is 0 Å². The van der Waals surface area contributed by atoms with Crippen molar-refractivity contribution in [2.24, 2.45) is 5.92 Å². The molecule has 1 atom stereocenters. The number of likely N-dealkylation sites (tertiary alicyclic amines) is 1. The highest BCUT2D eigenvalue weighted by Crippen LogP contribution is 2.23. The molecule has 0 aromatic heterocycles. The normalized spacial score (nSPS) is 20.1. The van der Waals surface area contributed by atoms with Crippen LogP contribution in [0.2, 0.25) is 0 Å².